The predicted octanol–water partition coefficient (Wildman–Crippen LogP) is 2.90. The molecule has 26 heavy (non-hydrogen) atoms. The van der Waals surface area contributed by atoms with Crippen LogP contribution in [0, 0.1) is 13.8 Å². The Bertz CT molecular complexity index is 616. The van der Waals surface area contributed by atoms with Crippen molar-refractivity contribution < 1.29 is 14.3 Å². The van der Waals surface area contributed by atoms with E-state index in [0.717, 1.165) is 48.1 Å². The van der Waals surface area contributed by atoms with Crippen LogP contribution >= 0.6 is 0 Å². The van der Waals surface area contributed by atoms with Crippen molar-refractivity contribution in [1.82, 2.24) is 15.5 Å². The van der Waals surface area contributed by atoms with Crippen LogP contribution in [0.15, 0.2) is 12.1 Å². The summed E-state index contributed by atoms with van der Waals surface area (Å²) in [6, 6.07) is 3.94. The highest BCUT2D eigenvalue weighted by Crippen LogP contribution is 2.24. The van der Waals surface area contributed by atoms with Gasteiger partial charge < -0.3 is 10.1 Å². The number of carbonyl (C=O) groups is 2. The first-order valence-corrected chi connectivity index (χ1v) is 9.32. The van der Waals surface area contributed by atoms with E-state index in [4.69, 9.17) is 4.74 Å². The number of urea groups is 1. The van der Waals surface area contributed by atoms with Crippen LogP contribution in [0.4, 0.5) is 4.79 Å². The van der Waals surface area contributed by atoms with Crippen molar-refractivity contribution in [3.8, 4) is 5.75 Å². The molecule has 1 aromatic carbocycles. The van der Waals surface area contributed by atoms with E-state index < -0.39 is 0 Å². The van der Waals surface area contributed by atoms with Crippen molar-refractivity contribution in [3.05, 3.63) is 28.8 Å². The number of hydrogen-bond acceptors (Lipinski definition) is 4. The van der Waals surface area contributed by atoms with Crippen LogP contribution in [-0.2, 0) is 11.3 Å². The average molecular weight is 361 g/mol. The van der Waals surface area contributed by atoms with E-state index in [1.165, 1.54) is 6.42 Å². The lowest BCUT2D eigenvalue weighted by atomic mass is 9.96. The van der Waals surface area contributed by atoms with E-state index in [2.05, 4.69) is 22.8 Å². The molecule has 0 saturated heterocycles. The van der Waals surface area contributed by atoms with Crippen molar-refractivity contribution in [2.24, 2.45) is 0 Å². The van der Waals surface area contributed by atoms with Gasteiger partial charge in [-0.2, -0.15) is 0 Å². The minimum atomic E-state index is -0.383. The zero-order chi connectivity index (χ0) is 19.1. The zero-order valence-corrected chi connectivity index (χ0v) is 16.4. The van der Waals surface area contributed by atoms with Crippen LogP contribution in [-0.4, -0.2) is 43.6 Å². The number of ether oxygens (including phenoxy) is 1. The predicted molar refractivity (Wildman–Crippen MR) is 102 cm³/mol. The van der Waals surface area contributed by atoms with Crippen LogP contribution in [0.2, 0.25) is 0 Å². The number of nitrogens with zero attached hydrogens (tertiary/aromatic N) is 1. The fourth-order valence-electron chi connectivity index (χ4n) is 3.70. The minimum Gasteiger partial charge on any atom is -0.496 e. The highest BCUT2D eigenvalue weighted by Gasteiger charge is 2.17. The summed E-state index contributed by atoms with van der Waals surface area (Å²) in [5.74, 6) is 0.608. The molecule has 0 radical (unpaired) electrons. The fourth-order valence-corrected chi connectivity index (χ4v) is 3.70. The topological polar surface area (TPSA) is 70.7 Å². The molecule has 0 atom stereocenters. The van der Waals surface area contributed by atoms with Crippen LogP contribution in [0.3, 0.4) is 0 Å². The maximum absolute atomic E-state index is 12.1. The zero-order valence-electron chi connectivity index (χ0n) is 16.4. The van der Waals surface area contributed by atoms with E-state index in [9.17, 15) is 9.59 Å². The molecule has 2 rings (SSSR count). The largest absolute Gasteiger partial charge is 0.496 e. The molecule has 1 aliphatic carbocycles. The Hall–Kier alpha value is -2.08. The van der Waals surface area contributed by atoms with Gasteiger partial charge in [-0.05, 0) is 50.4 Å². The Kier molecular flexibility index (Phi) is 7.45. The quantitative estimate of drug-likeness (QED) is 0.817. The van der Waals surface area contributed by atoms with Gasteiger partial charge in [0.1, 0.15) is 5.75 Å². The first-order chi connectivity index (χ1) is 12.4. The van der Waals surface area contributed by atoms with Crippen molar-refractivity contribution >= 4 is 11.9 Å². The van der Waals surface area contributed by atoms with Crippen molar-refractivity contribution in [2.45, 2.75) is 58.5 Å². The SMILES string of the molecule is COc1c(C)cc(CN(C)CC(=O)NC(=O)NC2CCCCC2)cc1C. The molecule has 144 valence electrons. The summed E-state index contributed by atoms with van der Waals surface area (Å²) >= 11 is 0. The lowest BCUT2D eigenvalue weighted by molar-refractivity contribution is -0.121. The van der Waals surface area contributed by atoms with Gasteiger partial charge in [-0.3, -0.25) is 15.0 Å². The second-order valence-corrected chi connectivity index (χ2v) is 7.29. The molecule has 0 heterocycles. The van der Waals surface area contributed by atoms with Gasteiger partial charge in [0.25, 0.3) is 0 Å². The molecule has 1 aromatic rings. The second kappa shape index (κ2) is 9.57. The van der Waals surface area contributed by atoms with E-state index in [-0.39, 0.29) is 24.5 Å². The molecule has 2 N–H and O–H groups in total. The number of likely N-dealkylation sites (N-methyl/N-ethyl adjacent to an activating group) is 1. The third-order valence-corrected chi connectivity index (χ3v) is 4.78. The maximum Gasteiger partial charge on any atom is 0.321 e. The highest BCUT2D eigenvalue weighted by atomic mass is 16.5. The Labute approximate surface area is 156 Å². The average Bonchev–Trinajstić information content (AvgIpc) is 2.54. The van der Waals surface area contributed by atoms with E-state index in [0.29, 0.717) is 6.54 Å². The molecule has 0 unspecified atom stereocenters. The summed E-state index contributed by atoms with van der Waals surface area (Å²) in [5.41, 5.74) is 3.27. The van der Waals surface area contributed by atoms with Gasteiger partial charge in [0.2, 0.25) is 5.91 Å². The molecule has 6 heteroatoms. The van der Waals surface area contributed by atoms with Crippen molar-refractivity contribution in [2.75, 3.05) is 20.7 Å². The molecule has 1 aliphatic rings. The molecule has 1 fully saturated rings. The summed E-state index contributed by atoms with van der Waals surface area (Å²) in [5, 5.41) is 5.33. The maximum atomic E-state index is 12.1. The normalized spacial score (nSPS) is 15.0. The Morgan fingerprint density at radius 3 is 2.35 bits per heavy atom. The number of imide groups is 1. The third kappa shape index (κ3) is 6.02. The molecule has 3 amide bonds. The summed E-state index contributed by atoms with van der Waals surface area (Å²) in [6.45, 7) is 4.82. The van der Waals surface area contributed by atoms with Crippen molar-refractivity contribution in [3.63, 3.8) is 0 Å². The Morgan fingerprint density at radius 1 is 1.15 bits per heavy atom. The molecular weight excluding hydrogens is 330 g/mol. The van der Waals surface area contributed by atoms with Crippen molar-refractivity contribution in [1.29, 1.82) is 0 Å². The fraction of sp³-hybridized carbons (Fsp3) is 0.600. The summed E-state index contributed by atoms with van der Waals surface area (Å²) in [7, 11) is 3.54. The molecule has 6 nitrogen and oxygen atoms in total. The monoisotopic (exact) mass is 361 g/mol. The van der Waals surface area contributed by atoms with E-state index in [1.54, 1.807) is 7.11 Å². The van der Waals surface area contributed by atoms with Gasteiger partial charge in [0.05, 0.1) is 13.7 Å². The lowest BCUT2D eigenvalue weighted by Crippen LogP contribution is -2.47. The standard InChI is InChI=1S/C20H31N3O3/c1-14-10-16(11-15(2)19(14)26-4)12-23(3)13-18(24)22-20(25)21-17-8-6-5-7-9-17/h10-11,17H,5-9,12-13H2,1-4H3,(H2,21,22,24,25). The van der Waals surface area contributed by atoms with Gasteiger partial charge in [-0.25, -0.2) is 4.79 Å². The number of carbonyl (C=O) groups excluding carboxylic acids is 2. The number of nitrogens with one attached hydrogen (secondary N) is 2. The van der Waals surface area contributed by atoms with Crippen LogP contribution in [0.25, 0.3) is 0 Å². The number of rotatable bonds is 6. The molecule has 0 spiro atoms. The van der Waals surface area contributed by atoms with Gasteiger partial charge in [0, 0.05) is 12.6 Å². The minimum absolute atomic E-state index is 0.169. The van der Waals surface area contributed by atoms with Crippen LogP contribution in [0.5, 0.6) is 5.75 Å². The Morgan fingerprint density at radius 2 is 1.77 bits per heavy atom. The lowest BCUT2D eigenvalue weighted by Gasteiger charge is -2.23. The summed E-state index contributed by atoms with van der Waals surface area (Å²) in [4.78, 5) is 25.9. The molecule has 1 saturated carbocycles. The number of aryl methyl sites for hydroxylation is 2. The second-order valence-electron chi connectivity index (χ2n) is 7.29. The van der Waals surface area contributed by atoms with E-state index >= 15 is 0 Å². The number of methoxy groups -OCH3 is 1. The first-order valence-electron chi connectivity index (χ1n) is 9.32. The van der Waals surface area contributed by atoms with Gasteiger partial charge in [-0.1, -0.05) is 31.4 Å². The number of amides is 3. The highest BCUT2D eigenvalue weighted by molar-refractivity contribution is 5.95. The van der Waals surface area contributed by atoms with Gasteiger partial charge >= 0.3 is 6.03 Å². The van der Waals surface area contributed by atoms with Crippen LogP contribution < -0.4 is 15.4 Å². The molecule has 0 bridgehead atoms. The smallest absolute Gasteiger partial charge is 0.321 e. The first kappa shape index (κ1) is 20.2. The Balaban J connectivity index is 1.80. The number of hydrogen-bond donors (Lipinski definition) is 2. The summed E-state index contributed by atoms with van der Waals surface area (Å²) < 4.78 is 5.38. The molecular formula is C20H31N3O3. The molecule has 0 aromatic heterocycles. The number of benzene rings is 1. The van der Waals surface area contributed by atoms with Crippen LogP contribution in [0.1, 0.15) is 48.8 Å². The van der Waals surface area contributed by atoms with E-state index in [1.807, 2.05) is 25.8 Å². The van der Waals surface area contributed by atoms with Gasteiger partial charge in [0.15, 0.2) is 0 Å². The molecule has 0 aliphatic heterocycles. The van der Waals surface area contributed by atoms with Gasteiger partial charge in [-0.15, -0.1) is 0 Å². The third-order valence-electron chi connectivity index (χ3n) is 4.78. The summed E-state index contributed by atoms with van der Waals surface area (Å²) in [6.07, 6.45) is 5.51.